The van der Waals surface area contributed by atoms with E-state index >= 15 is 0 Å². The molecule has 0 aromatic carbocycles. The van der Waals surface area contributed by atoms with Crippen molar-refractivity contribution >= 4 is 8.80 Å². The molecule has 0 saturated heterocycles. The topological polar surface area (TPSA) is 27.7 Å². The zero-order chi connectivity index (χ0) is 11.9. The molecule has 0 bridgehead atoms. The fraction of sp³-hybridized carbons (Fsp3) is 0.667. The zero-order valence-electron chi connectivity index (χ0n) is 10.5. The average Bonchev–Trinajstić information content (AvgIpc) is 2.31. The molecule has 0 saturated carbocycles. The molecule has 0 radical (unpaired) electrons. The summed E-state index contributed by atoms with van der Waals surface area (Å²) in [5.74, 6) is 0. The fourth-order valence-electron chi connectivity index (χ4n) is 1.83. The maximum atomic E-state index is 5.84. The van der Waals surface area contributed by atoms with Gasteiger partial charge in [0.15, 0.2) is 0 Å². The van der Waals surface area contributed by atoms with Gasteiger partial charge in [0, 0.05) is 25.0 Å². The standard InChI is InChI=1S/C12H22O3Si/c1-4-13-16(14-5-2,15-6-3)12-10-8-7-9-11-12/h7-8,10H,4-6,9,11H2,1-3H3. The molecule has 0 atom stereocenters. The molecule has 1 rings (SSSR count). The maximum Gasteiger partial charge on any atom is 0.532 e. The molecular weight excluding hydrogens is 220 g/mol. The summed E-state index contributed by atoms with van der Waals surface area (Å²) in [7, 11) is -2.58. The van der Waals surface area contributed by atoms with E-state index < -0.39 is 8.80 Å². The van der Waals surface area contributed by atoms with Crippen LogP contribution >= 0.6 is 0 Å². The lowest BCUT2D eigenvalue weighted by atomic mass is 10.2. The quantitative estimate of drug-likeness (QED) is 0.643. The molecule has 0 aromatic heterocycles. The van der Waals surface area contributed by atoms with Gasteiger partial charge in [-0.25, -0.2) is 0 Å². The minimum atomic E-state index is -2.58. The minimum Gasteiger partial charge on any atom is -0.370 e. The first-order valence-corrected chi connectivity index (χ1v) is 7.79. The van der Waals surface area contributed by atoms with E-state index in [1.165, 1.54) is 5.20 Å². The molecule has 16 heavy (non-hydrogen) atoms. The van der Waals surface area contributed by atoms with Gasteiger partial charge in [-0.05, 0) is 33.6 Å². The van der Waals surface area contributed by atoms with Crippen molar-refractivity contribution in [1.82, 2.24) is 0 Å². The molecule has 0 unspecified atom stereocenters. The molecule has 0 amide bonds. The molecule has 1 aliphatic carbocycles. The fourth-order valence-corrected chi connectivity index (χ4v) is 4.53. The Labute approximate surface area is 99.5 Å². The van der Waals surface area contributed by atoms with E-state index in [1.54, 1.807) is 0 Å². The van der Waals surface area contributed by atoms with Crippen LogP contribution in [0.1, 0.15) is 33.6 Å². The van der Waals surface area contributed by atoms with E-state index in [4.69, 9.17) is 13.3 Å². The Kier molecular flexibility index (Phi) is 5.98. The van der Waals surface area contributed by atoms with E-state index in [0.29, 0.717) is 19.8 Å². The SMILES string of the molecule is CCO[Si](OCC)(OCC)C1=CC=CCC1. The maximum absolute atomic E-state index is 5.84. The van der Waals surface area contributed by atoms with Crippen molar-refractivity contribution < 1.29 is 13.3 Å². The van der Waals surface area contributed by atoms with Crippen molar-refractivity contribution in [3.05, 3.63) is 23.4 Å². The van der Waals surface area contributed by atoms with Gasteiger partial charge in [0.1, 0.15) is 0 Å². The lowest BCUT2D eigenvalue weighted by Crippen LogP contribution is -2.48. The van der Waals surface area contributed by atoms with Crippen LogP contribution in [0.25, 0.3) is 0 Å². The number of allylic oxidation sites excluding steroid dienone is 4. The van der Waals surface area contributed by atoms with Crippen LogP contribution in [-0.2, 0) is 13.3 Å². The number of hydrogen-bond donors (Lipinski definition) is 0. The van der Waals surface area contributed by atoms with E-state index in [2.05, 4.69) is 18.2 Å². The Balaban J connectivity index is 2.88. The number of hydrogen-bond acceptors (Lipinski definition) is 3. The minimum absolute atomic E-state index is 0.632. The van der Waals surface area contributed by atoms with Crippen molar-refractivity contribution in [2.24, 2.45) is 0 Å². The summed E-state index contributed by atoms with van der Waals surface area (Å²) in [6, 6.07) is 0. The largest absolute Gasteiger partial charge is 0.532 e. The highest BCUT2D eigenvalue weighted by Gasteiger charge is 2.44. The summed E-state index contributed by atoms with van der Waals surface area (Å²) in [6.07, 6.45) is 8.36. The molecule has 0 N–H and O–H groups in total. The van der Waals surface area contributed by atoms with Gasteiger partial charge in [0.25, 0.3) is 0 Å². The molecule has 4 heteroatoms. The van der Waals surface area contributed by atoms with Crippen LogP contribution in [0.3, 0.4) is 0 Å². The third-order valence-electron chi connectivity index (χ3n) is 2.41. The lowest BCUT2D eigenvalue weighted by molar-refractivity contribution is 0.0797. The summed E-state index contributed by atoms with van der Waals surface area (Å²) in [6.45, 7) is 7.85. The first kappa shape index (κ1) is 13.6. The Morgan fingerprint density at radius 2 is 1.62 bits per heavy atom. The Hall–Kier alpha value is -0.423. The second-order valence-corrected chi connectivity index (χ2v) is 6.13. The van der Waals surface area contributed by atoms with Crippen LogP contribution in [0.4, 0.5) is 0 Å². The monoisotopic (exact) mass is 242 g/mol. The van der Waals surface area contributed by atoms with Crippen LogP contribution < -0.4 is 0 Å². The lowest BCUT2D eigenvalue weighted by Gasteiger charge is -2.31. The van der Waals surface area contributed by atoms with Gasteiger partial charge in [0.05, 0.1) is 0 Å². The van der Waals surface area contributed by atoms with Crippen molar-refractivity contribution in [3.8, 4) is 0 Å². The molecule has 0 aromatic rings. The predicted molar refractivity (Wildman–Crippen MR) is 67.1 cm³/mol. The summed E-state index contributed by atoms with van der Waals surface area (Å²) in [5.41, 5.74) is 0. The van der Waals surface area contributed by atoms with Crippen LogP contribution in [-0.4, -0.2) is 28.6 Å². The highest BCUT2D eigenvalue weighted by atomic mass is 28.4. The van der Waals surface area contributed by atoms with Crippen molar-refractivity contribution in [2.75, 3.05) is 19.8 Å². The van der Waals surface area contributed by atoms with Gasteiger partial charge in [-0.1, -0.05) is 18.2 Å². The normalized spacial score (nSPS) is 16.3. The van der Waals surface area contributed by atoms with Crippen LogP contribution in [0.15, 0.2) is 23.4 Å². The van der Waals surface area contributed by atoms with E-state index in [1.807, 2.05) is 20.8 Å². The Morgan fingerprint density at radius 3 is 2.00 bits per heavy atom. The van der Waals surface area contributed by atoms with Crippen molar-refractivity contribution in [3.63, 3.8) is 0 Å². The molecule has 92 valence electrons. The molecule has 0 spiro atoms. The first-order chi connectivity index (χ1) is 7.79. The second kappa shape index (κ2) is 7.01. The summed E-state index contributed by atoms with van der Waals surface area (Å²) < 4.78 is 17.5. The molecule has 3 nitrogen and oxygen atoms in total. The third kappa shape index (κ3) is 3.28. The van der Waals surface area contributed by atoms with Crippen LogP contribution in [0.5, 0.6) is 0 Å². The van der Waals surface area contributed by atoms with Crippen LogP contribution in [0.2, 0.25) is 0 Å². The molecular formula is C12H22O3Si. The van der Waals surface area contributed by atoms with Gasteiger partial charge < -0.3 is 13.3 Å². The predicted octanol–water partition coefficient (Wildman–Crippen LogP) is 2.85. The van der Waals surface area contributed by atoms with Gasteiger partial charge in [-0.3, -0.25) is 0 Å². The summed E-state index contributed by atoms with van der Waals surface area (Å²) in [5, 5.41) is 1.21. The highest BCUT2D eigenvalue weighted by Crippen LogP contribution is 2.26. The smallest absolute Gasteiger partial charge is 0.370 e. The van der Waals surface area contributed by atoms with Gasteiger partial charge in [0.2, 0.25) is 0 Å². The summed E-state index contributed by atoms with van der Waals surface area (Å²) in [4.78, 5) is 0. The Morgan fingerprint density at radius 1 is 1.06 bits per heavy atom. The van der Waals surface area contributed by atoms with Gasteiger partial charge in [-0.2, -0.15) is 0 Å². The van der Waals surface area contributed by atoms with Crippen LogP contribution in [0, 0.1) is 0 Å². The van der Waals surface area contributed by atoms with E-state index in [0.717, 1.165) is 12.8 Å². The second-order valence-electron chi connectivity index (χ2n) is 3.51. The third-order valence-corrected chi connectivity index (χ3v) is 5.62. The first-order valence-electron chi connectivity index (χ1n) is 6.07. The zero-order valence-corrected chi connectivity index (χ0v) is 11.5. The van der Waals surface area contributed by atoms with Crippen molar-refractivity contribution in [2.45, 2.75) is 33.6 Å². The molecule has 1 aliphatic rings. The van der Waals surface area contributed by atoms with Crippen molar-refractivity contribution in [1.29, 1.82) is 0 Å². The van der Waals surface area contributed by atoms with Gasteiger partial charge >= 0.3 is 8.80 Å². The summed E-state index contributed by atoms with van der Waals surface area (Å²) >= 11 is 0. The van der Waals surface area contributed by atoms with E-state index in [-0.39, 0.29) is 0 Å². The average molecular weight is 242 g/mol. The molecule has 0 fully saturated rings. The van der Waals surface area contributed by atoms with Gasteiger partial charge in [-0.15, -0.1) is 0 Å². The molecule has 0 aliphatic heterocycles. The van der Waals surface area contributed by atoms with E-state index in [9.17, 15) is 0 Å². The highest BCUT2D eigenvalue weighted by molar-refractivity contribution is 6.68. The Bertz CT molecular complexity index is 244. The molecule has 0 heterocycles. The number of rotatable bonds is 7.